The summed E-state index contributed by atoms with van der Waals surface area (Å²) in [6.07, 6.45) is 3.06. The molecule has 5 heteroatoms. The molecule has 1 aliphatic carbocycles. The molecule has 0 unspecified atom stereocenters. The van der Waals surface area contributed by atoms with Crippen LogP contribution in [0.25, 0.3) is 0 Å². The van der Waals surface area contributed by atoms with E-state index < -0.39 is 14.6 Å². The van der Waals surface area contributed by atoms with E-state index in [1.54, 1.807) is 13.8 Å². The molecule has 14 heavy (non-hydrogen) atoms. The Balaban J connectivity index is 2.47. The Hall–Kier alpha value is -0.580. The van der Waals surface area contributed by atoms with Crippen LogP contribution in [0.1, 0.15) is 26.7 Å². The minimum atomic E-state index is -3.12. The molecule has 0 saturated heterocycles. The van der Waals surface area contributed by atoms with Crippen molar-refractivity contribution in [3.63, 3.8) is 0 Å². The summed E-state index contributed by atoms with van der Waals surface area (Å²) in [7, 11) is -3.12. The van der Waals surface area contributed by atoms with E-state index in [0.717, 1.165) is 12.8 Å². The lowest BCUT2D eigenvalue weighted by Gasteiger charge is -2.22. The molecule has 0 bridgehead atoms. The topological polar surface area (TPSA) is 63.2 Å². The van der Waals surface area contributed by atoms with Crippen molar-refractivity contribution in [3.8, 4) is 0 Å². The van der Waals surface area contributed by atoms with Gasteiger partial charge in [-0.05, 0) is 26.7 Å². The lowest BCUT2D eigenvalue weighted by molar-refractivity contribution is -0.122. The third-order valence-corrected chi connectivity index (χ3v) is 4.79. The Morgan fingerprint density at radius 3 is 2.29 bits per heavy atom. The average molecular weight is 219 g/mol. The summed E-state index contributed by atoms with van der Waals surface area (Å²) in [6.45, 7) is 3.44. The molecule has 1 aliphatic rings. The maximum absolute atomic E-state index is 11.3. The van der Waals surface area contributed by atoms with Crippen molar-refractivity contribution in [2.45, 2.75) is 31.4 Å². The standard InChI is InChI=1S/C9H17NO3S/c1-9(2,14(3,12)13)6-10-8(11)7-4-5-7/h7H,4-6H2,1-3H3,(H,10,11). The van der Waals surface area contributed by atoms with Crippen molar-refractivity contribution in [3.05, 3.63) is 0 Å². The second kappa shape index (κ2) is 3.53. The first-order valence-electron chi connectivity index (χ1n) is 4.71. The Labute approximate surface area is 85.0 Å². The molecule has 82 valence electrons. The van der Waals surface area contributed by atoms with Crippen molar-refractivity contribution in [2.75, 3.05) is 12.8 Å². The van der Waals surface area contributed by atoms with Crippen LogP contribution in [0.2, 0.25) is 0 Å². The molecule has 1 amide bonds. The predicted octanol–water partition coefficient (Wildman–Crippen LogP) is 0.336. The van der Waals surface area contributed by atoms with E-state index >= 15 is 0 Å². The average Bonchev–Trinajstić information content (AvgIpc) is 2.80. The Morgan fingerprint density at radius 1 is 1.43 bits per heavy atom. The molecule has 0 radical (unpaired) electrons. The van der Waals surface area contributed by atoms with Gasteiger partial charge in [-0.1, -0.05) is 0 Å². The molecule has 4 nitrogen and oxygen atoms in total. The number of carbonyl (C=O) groups is 1. The van der Waals surface area contributed by atoms with Crippen LogP contribution in [-0.4, -0.2) is 31.9 Å². The zero-order valence-corrected chi connectivity index (χ0v) is 9.65. The minimum absolute atomic E-state index is 0.0123. The first-order valence-corrected chi connectivity index (χ1v) is 6.60. The number of hydrogen-bond acceptors (Lipinski definition) is 3. The van der Waals surface area contributed by atoms with E-state index in [2.05, 4.69) is 5.32 Å². The number of nitrogens with one attached hydrogen (secondary N) is 1. The van der Waals surface area contributed by atoms with E-state index in [4.69, 9.17) is 0 Å². The molecule has 0 aliphatic heterocycles. The van der Waals surface area contributed by atoms with Crippen molar-refractivity contribution in [1.82, 2.24) is 5.32 Å². The highest BCUT2D eigenvalue weighted by atomic mass is 32.2. The monoisotopic (exact) mass is 219 g/mol. The molecule has 1 saturated carbocycles. The van der Waals surface area contributed by atoms with Crippen molar-refractivity contribution >= 4 is 15.7 Å². The molecule has 0 spiro atoms. The van der Waals surface area contributed by atoms with E-state index in [0.29, 0.717) is 0 Å². The maximum atomic E-state index is 11.3. The number of amides is 1. The SMILES string of the molecule is CC(C)(CNC(=O)C1CC1)S(C)(=O)=O. The zero-order valence-electron chi connectivity index (χ0n) is 8.83. The smallest absolute Gasteiger partial charge is 0.223 e. The summed E-state index contributed by atoms with van der Waals surface area (Å²) in [5.41, 5.74) is 0. The number of carbonyl (C=O) groups excluding carboxylic acids is 1. The molecule has 0 heterocycles. The molecular formula is C9H17NO3S. The second-order valence-corrected chi connectivity index (χ2v) is 7.17. The molecule has 0 aromatic rings. The molecular weight excluding hydrogens is 202 g/mol. The van der Waals surface area contributed by atoms with Crippen LogP contribution in [-0.2, 0) is 14.6 Å². The fourth-order valence-corrected chi connectivity index (χ4v) is 1.26. The summed E-state index contributed by atoms with van der Waals surface area (Å²) in [5, 5.41) is 2.67. The summed E-state index contributed by atoms with van der Waals surface area (Å²) >= 11 is 0. The summed E-state index contributed by atoms with van der Waals surface area (Å²) in [5.74, 6) is 0.118. The molecule has 1 fully saturated rings. The predicted molar refractivity (Wildman–Crippen MR) is 54.7 cm³/mol. The van der Waals surface area contributed by atoms with Gasteiger partial charge in [0.05, 0.1) is 4.75 Å². The lowest BCUT2D eigenvalue weighted by atomic mass is 10.2. The zero-order chi connectivity index (χ0) is 11.0. The highest BCUT2D eigenvalue weighted by molar-refractivity contribution is 7.92. The van der Waals surface area contributed by atoms with E-state index in [1.807, 2.05) is 0 Å². The van der Waals surface area contributed by atoms with Crippen LogP contribution >= 0.6 is 0 Å². The van der Waals surface area contributed by atoms with Crippen LogP contribution in [0.3, 0.4) is 0 Å². The van der Waals surface area contributed by atoms with E-state index in [9.17, 15) is 13.2 Å². The first-order chi connectivity index (χ1) is 6.24. The van der Waals surface area contributed by atoms with E-state index in [-0.39, 0.29) is 18.4 Å². The van der Waals surface area contributed by atoms with Gasteiger partial charge >= 0.3 is 0 Å². The molecule has 0 aromatic heterocycles. The fourth-order valence-electron chi connectivity index (χ4n) is 0.921. The third-order valence-electron chi connectivity index (χ3n) is 2.64. The van der Waals surface area contributed by atoms with Gasteiger partial charge in [-0.2, -0.15) is 0 Å². The van der Waals surface area contributed by atoms with Crippen LogP contribution < -0.4 is 5.32 Å². The lowest BCUT2D eigenvalue weighted by Crippen LogP contribution is -2.44. The van der Waals surface area contributed by atoms with Crippen molar-refractivity contribution in [2.24, 2.45) is 5.92 Å². The highest BCUT2D eigenvalue weighted by Crippen LogP contribution is 2.29. The van der Waals surface area contributed by atoms with Crippen LogP contribution in [0.4, 0.5) is 0 Å². The van der Waals surface area contributed by atoms with E-state index in [1.165, 1.54) is 6.26 Å². The number of hydrogen-bond donors (Lipinski definition) is 1. The number of sulfone groups is 1. The van der Waals surface area contributed by atoms with Gasteiger partial charge < -0.3 is 5.32 Å². The van der Waals surface area contributed by atoms with Gasteiger partial charge in [0.2, 0.25) is 5.91 Å². The fraction of sp³-hybridized carbons (Fsp3) is 0.889. The highest BCUT2D eigenvalue weighted by Gasteiger charge is 2.34. The van der Waals surface area contributed by atoms with Crippen molar-refractivity contribution < 1.29 is 13.2 Å². The van der Waals surface area contributed by atoms with Crippen LogP contribution in [0.5, 0.6) is 0 Å². The Bertz CT molecular complexity index is 328. The second-order valence-electron chi connectivity index (χ2n) is 4.52. The first kappa shape index (κ1) is 11.5. The molecule has 1 N–H and O–H groups in total. The van der Waals surface area contributed by atoms with Gasteiger partial charge in [-0.15, -0.1) is 0 Å². The minimum Gasteiger partial charge on any atom is -0.354 e. The van der Waals surface area contributed by atoms with Crippen molar-refractivity contribution in [1.29, 1.82) is 0 Å². The normalized spacial score (nSPS) is 17.9. The Morgan fingerprint density at radius 2 is 1.93 bits per heavy atom. The quantitative estimate of drug-likeness (QED) is 0.741. The third kappa shape index (κ3) is 2.70. The maximum Gasteiger partial charge on any atom is 0.223 e. The number of rotatable bonds is 4. The largest absolute Gasteiger partial charge is 0.354 e. The summed E-state index contributed by atoms with van der Waals surface area (Å²) in [4.78, 5) is 11.3. The van der Waals surface area contributed by atoms with Gasteiger partial charge in [0, 0.05) is 18.7 Å². The molecule has 0 aromatic carbocycles. The van der Waals surface area contributed by atoms with Gasteiger partial charge in [-0.25, -0.2) is 8.42 Å². The van der Waals surface area contributed by atoms with Gasteiger partial charge in [0.15, 0.2) is 9.84 Å². The summed E-state index contributed by atoms with van der Waals surface area (Å²) in [6, 6.07) is 0. The van der Waals surface area contributed by atoms with Gasteiger partial charge in [0.1, 0.15) is 0 Å². The Kier molecular flexibility index (Phi) is 2.90. The van der Waals surface area contributed by atoms with Crippen LogP contribution in [0.15, 0.2) is 0 Å². The summed E-state index contributed by atoms with van der Waals surface area (Å²) < 4.78 is 21.7. The van der Waals surface area contributed by atoms with Gasteiger partial charge in [0.25, 0.3) is 0 Å². The molecule has 0 atom stereocenters. The van der Waals surface area contributed by atoms with Gasteiger partial charge in [-0.3, -0.25) is 4.79 Å². The van der Waals surface area contributed by atoms with Crippen LogP contribution in [0, 0.1) is 5.92 Å². The molecule has 1 rings (SSSR count).